The molecule has 0 amide bonds. The van der Waals surface area contributed by atoms with Crippen molar-refractivity contribution in [2.24, 2.45) is 0 Å². The molecule has 68 heavy (non-hydrogen) atoms. The number of unbranched alkanes of at least 4 members (excludes halogenated alkanes) is 47. The van der Waals surface area contributed by atoms with Crippen LogP contribution in [0.25, 0.3) is 0 Å². The zero-order valence-corrected chi connectivity index (χ0v) is 46.4. The largest absolute Gasteiger partial charge is 0.462 e. The summed E-state index contributed by atoms with van der Waals surface area (Å²) in [4.78, 5) is 37.8. The van der Waals surface area contributed by atoms with E-state index in [1.165, 1.54) is 257 Å². The van der Waals surface area contributed by atoms with Crippen LogP contribution >= 0.6 is 0 Å². The van der Waals surface area contributed by atoms with Crippen LogP contribution in [-0.4, -0.2) is 37.2 Å². The highest BCUT2D eigenvalue weighted by atomic mass is 16.6. The number of esters is 3. The van der Waals surface area contributed by atoms with Gasteiger partial charge in [0.15, 0.2) is 6.10 Å². The van der Waals surface area contributed by atoms with Crippen molar-refractivity contribution in [1.29, 1.82) is 0 Å². The monoisotopic (exact) mass is 961 g/mol. The topological polar surface area (TPSA) is 78.9 Å². The van der Waals surface area contributed by atoms with Gasteiger partial charge in [-0.3, -0.25) is 14.4 Å². The minimum atomic E-state index is -0.759. The van der Waals surface area contributed by atoms with Crippen LogP contribution in [0.15, 0.2) is 0 Å². The standard InChI is InChI=1S/C62H120O6/c1-4-7-10-13-15-17-19-21-23-25-26-27-28-29-30-31-32-33-34-35-36-37-39-40-42-44-46-49-52-55-61(64)67-58-59(57-66-60(63)54-51-48-12-9-6-3)68-62(65)56-53-50-47-45-43-41-38-24-22-20-18-16-14-11-8-5-2/h59H,4-58H2,1-3H3. The first-order valence-electron chi connectivity index (χ1n) is 31.0. The molecule has 0 aromatic carbocycles. The third kappa shape index (κ3) is 55.3. The fourth-order valence-electron chi connectivity index (χ4n) is 9.68. The molecule has 0 aromatic heterocycles. The Balaban J connectivity index is 3.90. The van der Waals surface area contributed by atoms with Gasteiger partial charge >= 0.3 is 17.9 Å². The lowest BCUT2D eigenvalue weighted by molar-refractivity contribution is -0.167. The molecule has 0 spiro atoms. The van der Waals surface area contributed by atoms with E-state index >= 15 is 0 Å². The molecule has 0 saturated carbocycles. The highest BCUT2D eigenvalue weighted by Crippen LogP contribution is 2.18. The van der Waals surface area contributed by atoms with Gasteiger partial charge in [-0.1, -0.05) is 323 Å². The lowest BCUT2D eigenvalue weighted by atomic mass is 10.0. The Morgan fingerprint density at radius 1 is 0.235 bits per heavy atom. The van der Waals surface area contributed by atoms with E-state index < -0.39 is 6.10 Å². The first-order valence-corrected chi connectivity index (χ1v) is 31.0. The fourth-order valence-corrected chi connectivity index (χ4v) is 9.68. The van der Waals surface area contributed by atoms with Crippen LogP contribution in [-0.2, 0) is 28.6 Å². The first kappa shape index (κ1) is 66.4. The molecule has 6 heteroatoms. The van der Waals surface area contributed by atoms with E-state index in [9.17, 15) is 14.4 Å². The summed E-state index contributed by atoms with van der Waals surface area (Å²) in [7, 11) is 0. The van der Waals surface area contributed by atoms with E-state index in [1.54, 1.807) is 0 Å². The molecule has 0 aliphatic rings. The molecule has 0 aromatic rings. The smallest absolute Gasteiger partial charge is 0.306 e. The van der Waals surface area contributed by atoms with Gasteiger partial charge in [0.05, 0.1) is 0 Å². The van der Waals surface area contributed by atoms with Crippen molar-refractivity contribution in [1.82, 2.24) is 0 Å². The maximum absolute atomic E-state index is 12.8. The summed E-state index contributed by atoms with van der Waals surface area (Å²) in [6.45, 7) is 6.63. The molecule has 0 N–H and O–H groups in total. The van der Waals surface area contributed by atoms with E-state index in [1.807, 2.05) is 0 Å². The highest BCUT2D eigenvalue weighted by molar-refractivity contribution is 5.71. The van der Waals surface area contributed by atoms with Crippen LogP contribution in [0.5, 0.6) is 0 Å². The van der Waals surface area contributed by atoms with Crippen molar-refractivity contribution in [2.45, 2.75) is 367 Å². The molecule has 1 atom stereocenters. The third-order valence-corrected chi connectivity index (χ3v) is 14.4. The van der Waals surface area contributed by atoms with Gasteiger partial charge in [-0.25, -0.2) is 0 Å². The van der Waals surface area contributed by atoms with E-state index in [-0.39, 0.29) is 31.1 Å². The second kappa shape index (κ2) is 58.0. The number of hydrogen-bond acceptors (Lipinski definition) is 6. The summed E-state index contributed by atoms with van der Waals surface area (Å²) in [6.07, 6.45) is 66.0. The number of carbonyl (C=O) groups excluding carboxylic acids is 3. The first-order chi connectivity index (χ1) is 33.5. The quantitative estimate of drug-likeness (QED) is 0.0343. The summed E-state index contributed by atoms with van der Waals surface area (Å²) in [6, 6.07) is 0. The van der Waals surface area contributed by atoms with Crippen LogP contribution in [0.3, 0.4) is 0 Å². The van der Waals surface area contributed by atoms with Crippen LogP contribution in [0.1, 0.15) is 361 Å². The Kier molecular flexibility index (Phi) is 56.6. The molecule has 0 heterocycles. The summed E-state index contributed by atoms with van der Waals surface area (Å²) in [5.74, 6) is -0.850. The Morgan fingerprint density at radius 2 is 0.397 bits per heavy atom. The van der Waals surface area contributed by atoms with Crippen molar-refractivity contribution < 1.29 is 28.6 Å². The molecule has 404 valence electrons. The van der Waals surface area contributed by atoms with Gasteiger partial charge < -0.3 is 14.2 Å². The lowest BCUT2D eigenvalue weighted by Gasteiger charge is -2.18. The summed E-state index contributed by atoms with van der Waals surface area (Å²) in [5, 5.41) is 0. The molecule has 0 rings (SSSR count). The van der Waals surface area contributed by atoms with Crippen LogP contribution in [0, 0.1) is 0 Å². The molecule has 0 aliphatic heterocycles. The van der Waals surface area contributed by atoms with Gasteiger partial charge in [-0.15, -0.1) is 0 Å². The summed E-state index contributed by atoms with van der Waals surface area (Å²) in [5.41, 5.74) is 0. The van der Waals surface area contributed by atoms with Gasteiger partial charge in [-0.2, -0.15) is 0 Å². The number of rotatable bonds is 58. The molecule has 6 nitrogen and oxygen atoms in total. The summed E-state index contributed by atoms with van der Waals surface area (Å²) < 4.78 is 16.8. The predicted octanol–water partition coefficient (Wildman–Crippen LogP) is 20.7. The van der Waals surface area contributed by atoms with Crippen LogP contribution in [0.2, 0.25) is 0 Å². The lowest BCUT2D eigenvalue weighted by Crippen LogP contribution is -2.30. The number of hydrogen-bond donors (Lipinski definition) is 0. The zero-order chi connectivity index (χ0) is 49.3. The van der Waals surface area contributed by atoms with E-state index in [0.29, 0.717) is 19.3 Å². The average Bonchev–Trinajstić information content (AvgIpc) is 3.34. The Labute approximate surface area is 425 Å². The normalized spacial score (nSPS) is 11.9. The minimum absolute atomic E-state index is 0.0626. The van der Waals surface area contributed by atoms with Crippen molar-refractivity contribution in [3.63, 3.8) is 0 Å². The molecule has 0 aliphatic carbocycles. The number of ether oxygens (including phenoxy) is 3. The van der Waals surface area contributed by atoms with E-state index in [2.05, 4.69) is 20.8 Å². The molecule has 0 bridgehead atoms. The summed E-state index contributed by atoms with van der Waals surface area (Å²) >= 11 is 0. The van der Waals surface area contributed by atoms with Crippen LogP contribution < -0.4 is 0 Å². The van der Waals surface area contributed by atoms with Crippen molar-refractivity contribution in [3.05, 3.63) is 0 Å². The van der Waals surface area contributed by atoms with Crippen LogP contribution in [0.4, 0.5) is 0 Å². The SMILES string of the molecule is CCCCCCCCCCCCCCCCCCCCCCCCCCCCCCCC(=O)OCC(COC(=O)CCCCCCC)OC(=O)CCCCCCCCCCCCCCCCCC. The number of carbonyl (C=O) groups is 3. The maximum atomic E-state index is 12.8. The molecule has 0 radical (unpaired) electrons. The molecule has 0 fully saturated rings. The minimum Gasteiger partial charge on any atom is -0.462 e. The van der Waals surface area contributed by atoms with Crippen molar-refractivity contribution >= 4 is 17.9 Å². The molecule has 1 unspecified atom stereocenters. The third-order valence-electron chi connectivity index (χ3n) is 14.4. The molecular weight excluding hydrogens is 841 g/mol. The second-order valence-electron chi connectivity index (χ2n) is 21.3. The highest BCUT2D eigenvalue weighted by Gasteiger charge is 2.19. The van der Waals surface area contributed by atoms with Gasteiger partial charge in [0.25, 0.3) is 0 Å². The van der Waals surface area contributed by atoms with Gasteiger partial charge in [0, 0.05) is 19.3 Å². The molecular formula is C62H120O6. The van der Waals surface area contributed by atoms with E-state index in [0.717, 1.165) is 64.2 Å². The molecule has 0 saturated heterocycles. The van der Waals surface area contributed by atoms with Gasteiger partial charge in [0.2, 0.25) is 0 Å². The Morgan fingerprint density at radius 3 is 0.588 bits per heavy atom. The maximum Gasteiger partial charge on any atom is 0.306 e. The van der Waals surface area contributed by atoms with Crippen molar-refractivity contribution in [3.8, 4) is 0 Å². The second-order valence-corrected chi connectivity index (χ2v) is 21.3. The van der Waals surface area contributed by atoms with E-state index in [4.69, 9.17) is 14.2 Å². The zero-order valence-electron chi connectivity index (χ0n) is 46.4. The Bertz CT molecular complexity index is 1010. The average molecular weight is 962 g/mol. The van der Waals surface area contributed by atoms with Crippen molar-refractivity contribution in [2.75, 3.05) is 13.2 Å². The van der Waals surface area contributed by atoms with Gasteiger partial charge in [-0.05, 0) is 19.3 Å². The predicted molar refractivity (Wildman–Crippen MR) is 294 cm³/mol. The fraction of sp³-hybridized carbons (Fsp3) is 0.952. The van der Waals surface area contributed by atoms with Gasteiger partial charge in [0.1, 0.15) is 13.2 Å². The Hall–Kier alpha value is -1.59.